The SMILES string of the molecule is [Y].c1ccc(-c2nc(-c3ccccc3)nc(-c3ccc(-c4ccccc4)c(-n4c5ccccc5c5ccccc54)c3)n2)cc1. The summed E-state index contributed by atoms with van der Waals surface area (Å²) in [5.74, 6) is 1.93. The van der Waals surface area contributed by atoms with Gasteiger partial charge in [-0.1, -0.05) is 140 Å². The van der Waals surface area contributed by atoms with Crippen molar-refractivity contribution in [2.24, 2.45) is 0 Å². The van der Waals surface area contributed by atoms with Gasteiger partial charge in [-0.2, -0.15) is 0 Å². The van der Waals surface area contributed by atoms with Crippen LogP contribution in [0.2, 0.25) is 0 Å². The molecule has 0 saturated carbocycles. The van der Waals surface area contributed by atoms with Crippen LogP contribution in [0.4, 0.5) is 0 Å². The molecule has 8 rings (SSSR count). The standard InChI is InChI=1S/C39H26N4.Y/c1-4-14-27(15-5-1)31-25-24-30(26-36(31)43-34-22-12-10-20-32(34)33-21-11-13-23-35(33)43)39-41-37(28-16-6-2-7-17-28)40-38(42-39)29-18-8-3-9-19-29;/h1-26H;. The maximum Gasteiger partial charge on any atom is 0.164 e. The molecule has 5 heteroatoms. The fourth-order valence-electron chi connectivity index (χ4n) is 5.84. The molecule has 0 N–H and O–H groups in total. The molecule has 1 radical (unpaired) electrons. The van der Waals surface area contributed by atoms with Gasteiger partial charge in [0, 0.05) is 65.7 Å². The van der Waals surface area contributed by atoms with Crippen LogP contribution in [0.25, 0.3) is 72.8 Å². The molecule has 0 aliphatic carbocycles. The van der Waals surface area contributed by atoms with Crippen LogP contribution in [0.3, 0.4) is 0 Å². The van der Waals surface area contributed by atoms with Crippen LogP contribution in [-0.2, 0) is 32.7 Å². The Labute approximate surface area is 281 Å². The van der Waals surface area contributed by atoms with Crippen LogP contribution in [-0.4, -0.2) is 19.5 Å². The molecule has 0 spiro atoms. The quantitative estimate of drug-likeness (QED) is 0.188. The van der Waals surface area contributed by atoms with Crippen molar-refractivity contribution < 1.29 is 32.7 Å². The third-order valence-corrected chi connectivity index (χ3v) is 7.86. The van der Waals surface area contributed by atoms with E-state index in [-0.39, 0.29) is 32.7 Å². The number of rotatable bonds is 5. The molecule has 0 amide bonds. The number of benzene rings is 6. The molecule has 0 unspecified atom stereocenters. The Morgan fingerprint density at radius 3 is 1.27 bits per heavy atom. The molecule has 0 aliphatic heterocycles. The molecule has 2 heterocycles. The van der Waals surface area contributed by atoms with E-state index < -0.39 is 0 Å². The zero-order chi connectivity index (χ0) is 28.6. The first kappa shape index (κ1) is 28.0. The summed E-state index contributed by atoms with van der Waals surface area (Å²) in [5.41, 5.74) is 8.50. The Bertz CT molecular complexity index is 2120. The van der Waals surface area contributed by atoms with E-state index in [0.717, 1.165) is 44.5 Å². The Balaban J connectivity index is 0.00000312. The number of hydrogen-bond donors (Lipinski definition) is 0. The Morgan fingerprint density at radius 2 is 0.773 bits per heavy atom. The predicted molar refractivity (Wildman–Crippen MR) is 176 cm³/mol. The molecule has 0 bridgehead atoms. The molecule has 0 atom stereocenters. The summed E-state index contributed by atoms with van der Waals surface area (Å²) in [5, 5.41) is 2.45. The molecule has 4 nitrogen and oxygen atoms in total. The average Bonchev–Trinajstić information content (AvgIpc) is 3.43. The molecule has 8 aromatic rings. The molecule has 44 heavy (non-hydrogen) atoms. The second-order valence-corrected chi connectivity index (χ2v) is 10.5. The summed E-state index contributed by atoms with van der Waals surface area (Å²) in [4.78, 5) is 14.9. The van der Waals surface area contributed by atoms with Gasteiger partial charge in [-0.3, -0.25) is 0 Å². The van der Waals surface area contributed by atoms with Gasteiger partial charge >= 0.3 is 0 Å². The van der Waals surface area contributed by atoms with Crippen molar-refractivity contribution >= 4 is 21.8 Å². The molecule has 0 fully saturated rings. The summed E-state index contributed by atoms with van der Waals surface area (Å²) in [6.07, 6.45) is 0. The normalized spacial score (nSPS) is 11.0. The Morgan fingerprint density at radius 1 is 0.364 bits per heavy atom. The van der Waals surface area contributed by atoms with Gasteiger partial charge in [0.05, 0.1) is 16.7 Å². The topological polar surface area (TPSA) is 43.6 Å². The average molecular weight is 640 g/mol. The van der Waals surface area contributed by atoms with Crippen LogP contribution in [0, 0.1) is 0 Å². The van der Waals surface area contributed by atoms with Gasteiger partial charge in [-0.25, -0.2) is 15.0 Å². The van der Waals surface area contributed by atoms with E-state index in [1.165, 1.54) is 10.8 Å². The second kappa shape index (κ2) is 12.1. The molecular weight excluding hydrogens is 613 g/mol. The van der Waals surface area contributed by atoms with Gasteiger partial charge in [-0.15, -0.1) is 0 Å². The van der Waals surface area contributed by atoms with Crippen molar-refractivity contribution in [1.29, 1.82) is 0 Å². The molecule has 0 saturated heterocycles. The minimum Gasteiger partial charge on any atom is -0.309 e. The molecule has 0 aliphatic rings. The molecule has 2 aromatic heterocycles. The fourth-order valence-corrected chi connectivity index (χ4v) is 5.84. The largest absolute Gasteiger partial charge is 0.309 e. The summed E-state index contributed by atoms with van der Waals surface area (Å²) in [6, 6.07) is 54.5. The zero-order valence-electron chi connectivity index (χ0n) is 23.9. The number of para-hydroxylation sites is 2. The zero-order valence-corrected chi connectivity index (χ0v) is 26.7. The van der Waals surface area contributed by atoms with Gasteiger partial charge < -0.3 is 4.57 Å². The Kier molecular flexibility index (Phi) is 7.70. The number of fused-ring (bicyclic) bond motifs is 3. The summed E-state index contributed by atoms with van der Waals surface area (Å²) in [6.45, 7) is 0. The van der Waals surface area contributed by atoms with Crippen molar-refractivity contribution in [3.05, 3.63) is 158 Å². The van der Waals surface area contributed by atoms with E-state index in [1.807, 2.05) is 60.7 Å². The van der Waals surface area contributed by atoms with Gasteiger partial charge in [0.25, 0.3) is 0 Å². The molecular formula is C39H26N4Y. The Hall–Kier alpha value is -4.77. The first-order chi connectivity index (χ1) is 21.3. The number of nitrogens with zero attached hydrogens (tertiary/aromatic N) is 4. The van der Waals surface area contributed by atoms with E-state index in [9.17, 15) is 0 Å². The number of aromatic nitrogens is 4. The fraction of sp³-hybridized carbons (Fsp3) is 0. The van der Waals surface area contributed by atoms with E-state index in [1.54, 1.807) is 0 Å². The van der Waals surface area contributed by atoms with Crippen LogP contribution < -0.4 is 0 Å². The van der Waals surface area contributed by atoms with Crippen LogP contribution in [0.1, 0.15) is 0 Å². The van der Waals surface area contributed by atoms with E-state index in [2.05, 4.69) is 102 Å². The van der Waals surface area contributed by atoms with Gasteiger partial charge in [-0.05, 0) is 23.8 Å². The minimum absolute atomic E-state index is 0. The van der Waals surface area contributed by atoms with E-state index >= 15 is 0 Å². The van der Waals surface area contributed by atoms with E-state index in [0.29, 0.717) is 17.5 Å². The first-order valence-corrected chi connectivity index (χ1v) is 14.4. The van der Waals surface area contributed by atoms with Crippen molar-refractivity contribution in [2.75, 3.05) is 0 Å². The maximum atomic E-state index is 5.02. The van der Waals surface area contributed by atoms with Crippen LogP contribution in [0.5, 0.6) is 0 Å². The van der Waals surface area contributed by atoms with Crippen LogP contribution in [0.15, 0.2) is 158 Å². The second-order valence-electron chi connectivity index (χ2n) is 10.5. The van der Waals surface area contributed by atoms with Crippen LogP contribution >= 0.6 is 0 Å². The first-order valence-electron chi connectivity index (χ1n) is 14.4. The molecule has 6 aromatic carbocycles. The predicted octanol–water partition coefficient (Wildman–Crippen LogP) is 9.63. The van der Waals surface area contributed by atoms with Gasteiger partial charge in [0.15, 0.2) is 17.5 Å². The number of hydrogen-bond acceptors (Lipinski definition) is 3. The smallest absolute Gasteiger partial charge is 0.164 e. The summed E-state index contributed by atoms with van der Waals surface area (Å²) < 4.78 is 2.37. The van der Waals surface area contributed by atoms with Gasteiger partial charge in [0.1, 0.15) is 0 Å². The minimum atomic E-state index is 0. The van der Waals surface area contributed by atoms with Crippen molar-refractivity contribution in [3.8, 4) is 51.0 Å². The third-order valence-electron chi connectivity index (χ3n) is 7.86. The van der Waals surface area contributed by atoms with Crippen molar-refractivity contribution in [3.63, 3.8) is 0 Å². The van der Waals surface area contributed by atoms with Crippen molar-refractivity contribution in [2.45, 2.75) is 0 Å². The van der Waals surface area contributed by atoms with E-state index in [4.69, 9.17) is 15.0 Å². The third kappa shape index (κ3) is 5.07. The summed E-state index contributed by atoms with van der Waals surface area (Å²) in [7, 11) is 0. The van der Waals surface area contributed by atoms with Crippen molar-refractivity contribution in [1.82, 2.24) is 19.5 Å². The monoisotopic (exact) mass is 639 g/mol. The van der Waals surface area contributed by atoms with Gasteiger partial charge in [0.2, 0.25) is 0 Å². The molecule has 205 valence electrons. The summed E-state index contributed by atoms with van der Waals surface area (Å²) >= 11 is 0. The maximum absolute atomic E-state index is 5.02.